The Morgan fingerprint density at radius 2 is 0.882 bits per heavy atom. The topological polar surface area (TPSA) is 111 Å². The largest absolute Gasteiger partial charge is 0.545 e. The molecule has 0 aliphatic heterocycles. The van der Waals surface area contributed by atoms with Gasteiger partial charge in [0, 0.05) is 12.8 Å². The molecule has 0 aliphatic carbocycles. The Bertz CT molecular complexity index is 815. The number of hydrogen-bond acceptors (Lipinski definition) is 8. The Morgan fingerprint density at radius 1 is 0.510 bits per heavy atom. The van der Waals surface area contributed by atoms with Gasteiger partial charge < -0.3 is 33.3 Å². The van der Waals surface area contributed by atoms with Gasteiger partial charge in [-0.2, -0.15) is 0 Å². The molecule has 0 saturated heterocycles. The van der Waals surface area contributed by atoms with Crippen LogP contribution in [0.15, 0.2) is 0 Å². The van der Waals surface area contributed by atoms with E-state index in [1.807, 2.05) is 21.1 Å². The third-order valence-corrected chi connectivity index (χ3v) is 9.35. The van der Waals surface area contributed by atoms with Crippen molar-refractivity contribution in [2.45, 2.75) is 206 Å². The van der Waals surface area contributed by atoms with E-state index in [1.165, 1.54) is 128 Å². The molecule has 0 aromatic rings. The fourth-order valence-electron chi connectivity index (χ4n) is 6.01. The minimum absolute atomic E-state index is 0.153. The predicted molar refractivity (Wildman–Crippen MR) is 205 cm³/mol. The van der Waals surface area contributed by atoms with Crippen molar-refractivity contribution >= 4 is 17.9 Å². The van der Waals surface area contributed by atoms with Gasteiger partial charge in [0.05, 0.1) is 40.3 Å². The smallest absolute Gasteiger partial charge is 0.306 e. The second-order valence-corrected chi connectivity index (χ2v) is 15.6. The standard InChI is InChI=1S/C42H81NO8/c1-6-8-10-12-14-16-18-20-21-23-25-27-29-31-33-40(45)51-38(37-50-42(41(46)47)48-35-34-43(3,4)5)36-49-39(44)32-30-28-26-24-22-19-17-15-13-11-9-7-2/h38,42H,6-37H2,1-5H3. The number of quaternary nitrogens is 1. The van der Waals surface area contributed by atoms with Crippen molar-refractivity contribution in [2.75, 3.05) is 47.5 Å². The lowest BCUT2D eigenvalue weighted by Gasteiger charge is -2.26. The van der Waals surface area contributed by atoms with Crippen LogP contribution in [-0.2, 0) is 33.3 Å². The second kappa shape index (κ2) is 35.3. The van der Waals surface area contributed by atoms with Gasteiger partial charge in [0.15, 0.2) is 12.4 Å². The number of aliphatic carboxylic acids is 1. The molecule has 9 heteroatoms. The zero-order valence-corrected chi connectivity index (χ0v) is 34.0. The van der Waals surface area contributed by atoms with Gasteiger partial charge in [0.25, 0.3) is 0 Å². The van der Waals surface area contributed by atoms with E-state index < -0.39 is 24.3 Å². The minimum atomic E-state index is -1.61. The summed E-state index contributed by atoms with van der Waals surface area (Å²) >= 11 is 0. The monoisotopic (exact) mass is 728 g/mol. The molecule has 0 saturated carbocycles. The lowest BCUT2D eigenvalue weighted by molar-refractivity contribution is -0.870. The summed E-state index contributed by atoms with van der Waals surface area (Å²) in [4.78, 5) is 36.8. The van der Waals surface area contributed by atoms with Gasteiger partial charge in [-0.25, -0.2) is 0 Å². The maximum absolute atomic E-state index is 12.7. The van der Waals surface area contributed by atoms with Crippen LogP contribution in [0.1, 0.15) is 194 Å². The number of likely N-dealkylation sites (N-methyl/N-ethyl adjacent to an activating group) is 1. The highest BCUT2D eigenvalue weighted by atomic mass is 16.7. The highest BCUT2D eigenvalue weighted by Crippen LogP contribution is 2.15. The zero-order valence-electron chi connectivity index (χ0n) is 34.0. The molecule has 302 valence electrons. The summed E-state index contributed by atoms with van der Waals surface area (Å²) in [5.74, 6) is -2.27. The van der Waals surface area contributed by atoms with Crippen molar-refractivity contribution in [1.82, 2.24) is 0 Å². The molecule has 0 amide bonds. The molecule has 0 rings (SSSR count). The first-order chi connectivity index (χ1) is 24.6. The normalized spacial score (nSPS) is 12.9. The van der Waals surface area contributed by atoms with E-state index in [2.05, 4.69) is 13.8 Å². The molecule has 0 aliphatic rings. The molecular formula is C42H81NO8. The summed E-state index contributed by atoms with van der Waals surface area (Å²) in [6, 6.07) is 0. The lowest BCUT2D eigenvalue weighted by Crippen LogP contribution is -2.44. The molecule has 0 N–H and O–H groups in total. The molecule has 0 spiro atoms. The number of unbranched alkanes of at least 4 members (excludes halogenated alkanes) is 24. The molecule has 0 aromatic heterocycles. The maximum atomic E-state index is 12.7. The van der Waals surface area contributed by atoms with Gasteiger partial charge in [-0.3, -0.25) is 9.59 Å². The van der Waals surface area contributed by atoms with E-state index in [1.54, 1.807) is 0 Å². The third-order valence-electron chi connectivity index (χ3n) is 9.35. The fraction of sp³-hybridized carbons (Fsp3) is 0.929. The van der Waals surface area contributed by atoms with E-state index in [4.69, 9.17) is 18.9 Å². The Balaban J connectivity index is 4.45. The minimum Gasteiger partial charge on any atom is -0.545 e. The number of carboxylic acid groups (broad SMARTS) is 1. The average molecular weight is 728 g/mol. The predicted octanol–water partition coefficient (Wildman–Crippen LogP) is 9.22. The lowest BCUT2D eigenvalue weighted by atomic mass is 10.0. The molecular weight excluding hydrogens is 646 g/mol. The van der Waals surface area contributed by atoms with Crippen LogP contribution in [0.5, 0.6) is 0 Å². The van der Waals surface area contributed by atoms with Gasteiger partial charge in [0.1, 0.15) is 13.2 Å². The molecule has 0 aromatic carbocycles. The quantitative estimate of drug-likeness (QED) is 0.0267. The Labute approximate surface area is 313 Å². The number of hydrogen-bond donors (Lipinski definition) is 0. The first-order valence-electron chi connectivity index (χ1n) is 21.2. The summed E-state index contributed by atoms with van der Waals surface area (Å²) in [5.41, 5.74) is 0. The van der Waals surface area contributed by atoms with Gasteiger partial charge in [-0.1, -0.05) is 168 Å². The number of carboxylic acids is 1. The van der Waals surface area contributed by atoms with Crippen molar-refractivity contribution in [3.63, 3.8) is 0 Å². The molecule has 51 heavy (non-hydrogen) atoms. The molecule has 0 bridgehead atoms. The summed E-state index contributed by atoms with van der Waals surface area (Å²) < 4.78 is 22.5. The first kappa shape index (κ1) is 49.3. The Hall–Kier alpha value is -1.71. The van der Waals surface area contributed by atoms with Gasteiger partial charge in [-0.05, 0) is 12.8 Å². The van der Waals surface area contributed by atoms with E-state index in [0.29, 0.717) is 17.4 Å². The number of ether oxygens (including phenoxy) is 4. The molecule has 0 fully saturated rings. The van der Waals surface area contributed by atoms with Crippen molar-refractivity contribution in [2.24, 2.45) is 0 Å². The maximum Gasteiger partial charge on any atom is 0.306 e. The van der Waals surface area contributed by atoms with E-state index in [0.717, 1.165) is 38.5 Å². The van der Waals surface area contributed by atoms with Crippen LogP contribution < -0.4 is 5.11 Å². The van der Waals surface area contributed by atoms with Crippen LogP contribution in [0.2, 0.25) is 0 Å². The van der Waals surface area contributed by atoms with Crippen LogP contribution in [0.3, 0.4) is 0 Å². The number of rotatable bonds is 39. The number of carbonyl (C=O) groups excluding carboxylic acids is 3. The Morgan fingerprint density at radius 3 is 1.25 bits per heavy atom. The fourth-order valence-corrected chi connectivity index (χ4v) is 6.01. The summed E-state index contributed by atoms with van der Waals surface area (Å²) in [7, 11) is 5.91. The van der Waals surface area contributed by atoms with Crippen LogP contribution in [0.4, 0.5) is 0 Å². The van der Waals surface area contributed by atoms with E-state index in [-0.39, 0.29) is 32.2 Å². The van der Waals surface area contributed by atoms with Crippen molar-refractivity contribution in [1.29, 1.82) is 0 Å². The SMILES string of the molecule is CCCCCCCCCCCCCCCCC(=O)OC(COC(=O)CCCCCCCCCCCCCC)COC(OCC[N+](C)(C)C)C(=O)[O-]. The van der Waals surface area contributed by atoms with Crippen LogP contribution in [0.25, 0.3) is 0 Å². The summed E-state index contributed by atoms with van der Waals surface area (Å²) in [5, 5.41) is 11.6. The number of carbonyl (C=O) groups is 3. The van der Waals surface area contributed by atoms with Crippen molar-refractivity contribution in [3.8, 4) is 0 Å². The number of nitrogens with zero attached hydrogens (tertiary/aromatic N) is 1. The molecule has 0 radical (unpaired) electrons. The summed E-state index contributed by atoms with van der Waals surface area (Å²) in [6.07, 6.45) is 29.8. The average Bonchev–Trinajstić information content (AvgIpc) is 3.08. The van der Waals surface area contributed by atoms with Crippen molar-refractivity contribution < 1.29 is 42.9 Å². The van der Waals surface area contributed by atoms with E-state index in [9.17, 15) is 19.5 Å². The third kappa shape index (κ3) is 36.4. The van der Waals surface area contributed by atoms with Gasteiger partial charge in [0.2, 0.25) is 0 Å². The highest BCUT2D eigenvalue weighted by Gasteiger charge is 2.21. The van der Waals surface area contributed by atoms with Crippen LogP contribution in [0, 0.1) is 0 Å². The zero-order chi connectivity index (χ0) is 37.8. The van der Waals surface area contributed by atoms with E-state index >= 15 is 0 Å². The van der Waals surface area contributed by atoms with Crippen molar-refractivity contribution in [3.05, 3.63) is 0 Å². The molecule has 9 nitrogen and oxygen atoms in total. The second-order valence-electron chi connectivity index (χ2n) is 15.6. The first-order valence-corrected chi connectivity index (χ1v) is 21.2. The molecule has 2 unspecified atom stereocenters. The number of esters is 2. The Kier molecular flexibility index (Phi) is 34.1. The van der Waals surface area contributed by atoms with Gasteiger partial charge in [-0.15, -0.1) is 0 Å². The highest BCUT2D eigenvalue weighted by molar-refractivity contribution is 5.70. The van der Waals surface area contributed by atoms with Gasteiger partial charge >= 0.3 is 11.9 Å². The summed E-state index contributed by atoms with van der Waals surface area (Å²) in [6.45, 7) is 4.75. The van der Waals surface area contributed by atoms with Crippen LogP contribution in [-0.4, -0.2) is 82.3 Å². The molecule has 2 atom stereocenters. The van der Waals surface area contributed by atoms with Crippen LogP contribution >= 0.6 is 0 Å². The molecule has 0 heterocycles.